The zero-order valence-electron chi connectivity index (χ0n) is 13.0. The first-order valence-electron chi connectivity index (χ1n) is 7.46. The van der Waals surface area contributed by atoms with Crippen LogP contribution in [0.2, 0.25) is 0 Å². The number of hydrogen-bond acceptors (Lipinski definition) is 4. The van der Waals surface area contributed by atoms with E-state index in [4.69, 9.17) is 4.74 Å². The number of rotatable bonds is 3. The summed E-state index contributed by atoms with van der Waals surface area (Å²) in [6.07, 6.45) is 7.07. The third-order valence-corrected chi connectivity index (χ3v) is 4.61. The Morgan fingerprint density at radius 1 is 1.15 bits per heavy atom. The maximum atomic E-state index is 10.6. The zero-order valence-corrected chi connectivity index (χ0v) is 13.0. The molecule has 1 N–H and O–H groups in total. The quantitative estimate of drug-likeness (QED) is 0.921. The van der Waals surface area contributed by atoms with Crippen LogP contribution in [0.25, 0.3) is 0 Å². The molecule has 1 aliphatic carbocycles. The molecule has 20 heavy (non-hydrogen) atoms. The molecule has 1 saturated carbocycles. The molecule has 4 heteroatoms. The van der Waals surface area contributed by atoms with Gasteiger partial charge in [-0.05, 0) is 42.9 Å². The molecule has 0 aromatic carbocycles. The Morgan fingerprint density at radius 2 is 1.75 bits per heavy atom. The number of aliphatic hydroxyl groups is 1. The summed E-state index contributed by atoms with van der Waals surface area (Å²) in [7, 11) is 1.57. The number of hydrogen-bond donors (Lipinski definition) is 1. The molecule has 0 radical (unpaired) electrons. The van der Waals surface area contributed by atoms with E-state index < -0.39 is 6.10 Å². The lowest BCUT2D eigenvalue weighted by Gasteiger charge is -2.38. The largest absolute Gasteiger partial charge is 0.480 e. The highest BCUT2D eigenvalue weighted by atomic mass is 16.5. The molecule has 0 spiro atoms. The maximum Gasteiger partial charge on any atom is 0.238 e. The minimum absolute atomic E-state index is 0.263. The van der Waals surface area contributed by atoms with E-state index in [0.29, 0.717) is 17.0 Å². The van der Waals surface area contributed by atoms with Crippen molar-refractivity contribution >= 4 is 0 Å². The Hall–Kier alpha value is -1.16. The number of aliphatic hydroxyl groups excluding tert-OH is 1. The molecule has 1 atom stereocenters. The van der Waals surface area contributed by atoms with Crippen molar-refractivity contribution in [3.8, 4) is 5.88 Å². The van der Waals surface area contributed by atoms with Gasteiger partial charge in [0.1, 0.15) is 11.8 Å². The van der Waals surface area contributed by atoms with Crippen molar-refractivity contribution in [3.05, 3.63) is 18.1 Å². The van der Waals surface area contributed by atoms with Gasteiger partial charge in [-0.1, -0.05) is 20.8 Å². The van der Waals surface area contributed by atoms with Crippen molar-refractivity contribution in [1.82, 2.24) is 9.97 Å². The predicted octanol–water partition coefficient (Wildman–Crippen LogP) is 3.37. The van der Waals surface area contributed by atoms with Crippen LogP contribution in [0.3, 0.4) is 0 Å². The van der Waals surface area contributed by atoms with Crippen LogP contribution < -0.4 is 4.74 Å². The van der Waals surface area contributed by atoms with Gasteiger partial charge in [-0.25, -0.2) is 4.98 Å². The third-order valence-electron chi connectivity index (χ3n) is 4.61. The normalized spacial score (nSPS) is 25.2. The van der Waals surface area contributed by atoms with Crippen LogP contribution in [-0.2, 0) is 0 Å². The van der Waals surface area contributed by atoms with Crippen molar-refractivity contribution in [2.75, 3.05) is 7.11 Å². The summed E-state index contributed by atoms with van der Waals surface area (Å²) >= 11 is 0. The molecule has 0 aliphatic heterocycles. The van der Waals surface area contributed by atoms with Gasteiger partial charge in [0, 0.05) is 12.4 Å². The van der Waals surface area contributed by atoms with Gasteiger partial charge in [0.05, 0.1) is 7.11 Å². The minimum atomic E-state index is -0.570. The van der Waals surface area contributed by atoms with E-state index in [-0.39, 0.29) is 5.92 Å². The van der Waals surface area contributed by atoms with Crippen LogP contribution in [0, 0.1) is 17.3 Å². The van der Waals surface area contributed by atoms with E-state index in [0.717, 1.165) is 18.8 Å². The van der Waals surface area contributed by atoms with E-state index in [1.54, 1.807) is 19.5 Å². The first kappa shape index (κ1) is 15.2. The van der Waals surface area contributed by atoms with Gasteiger partial charge in [-0.3, -0.25) is 4.98 Å². The second-order valence-electron chi connectivity index (χ2n) is 6.87. The number of aromatic nitrogens is 2. The molecule has 0 bridgehead atoms. The molecule has 112 valence electrons. The lowest BCUT2D eigenvalue weighted by molar-refractivity contribution is 0.0481. The number of nitrogens with zero attached hydrogens (tertiary/aromatic N) is 2. The molecule has 0 saturated heterocycles. The van der Waals surface area contributed by atoms with Crippen LogP contribution in [-0.4, -0.2) is 22.2 Å². The standard InChI is InChI=1S/C16H26N2O2/c1-16(2,3)12-7-5-11(6-8-12)14(19)13-15(20-4)18-10-9-17-13/h9-12,14,19H,5-8H2,1-4H3. The first-order chi connectivity index (χ1) is 9.43. The summed E-state index contributed by atoms with van der Waals surface area (Å²) in [6.45, 7) is 6.92. The van der Waals surface area contributed by atoms with E-state index in [1.165, 1.54) is 12.8 Å². The highest BCUT2D eigenvalue weighted by Crippen LogP contribution is 2.43. The summed E-state index contributed by atoms with van der Waals surface area (Å²) in [5.74, 6) is 1.45. The highest BCUT2D eigenvalue weighted by Gasteiger charge is 2.34. The summed E-state index contributed by atoms with van der Waals surface area (Å²) in [5.41, 5.74) is 0.939. The highest BCUT2D eigenvalue weighted by molar-refractivity contribution is 5.20. The summed E-state index contributed by atoms with van der Waals surface area (Å²) in [6, 6.07) is 0. The van der Waals surface area contributed by atoms with Gasteiger partial charge in [0.15, 0.2) is 0 Å². The lowest BCUT2D eigenvalue weighted by Crippen LogP contribution is -2.28. The fourth-order valence-corrected chi connectivity index (χ4v) is 3.22. The fourth-order valence-electron chi connectivity index (χ4n) is 3.22. The Morgan fingerprint density at radius 3 is 2.30 bits per heavy atom. The van der Waals surface area contributed by atoms with Gasteiger partial charge >= 0.3 is 0 Å². The van der Waals surface area contributed by atoms with Crippen LogP contribution in [0.5, 0.6) is 5.88 Å². The lowest BCUT2D eigenvalue weighted by atomic mass is 9.68. The SMILES string of the molecule is COc1nccnc1C(O)C1CCC(C(C)(C)C)CC1. The topological polar surface area (TPSA) is 55.2 Å². The molecule has 2 rings (SSSR count). The second-order valence-corrected chi connectivity index (χ2v) is 6.87. The van der Waals surface area contributed by atoms with Crippen LogP contribution in [0.4, 0.5) is 0 Å². The first-order valence-corrected chi connectivity index (χ1v) is 7.46. The summed E-state index contributed by atoms with van der Waals surface area (Å²) in [4.78, 5) is 8.38. The van der Waals surface area contributed by atoms with Crippen LogP contribution in [0.1, 0.15) is 58.3 Å². The molecular weight excluding hydrogens is 252 g/mol. The molecular formula is C16H26N2O2. The molecule has 4 nitrogen and oxygen atoms in total. The molecule has 1 aromatic rings. The number of ether oxygens (including phenoxy) is 1. The molecule has 1 unspecified atom stereocenters. The van der Waals surface area contributed by atoms with Gasteiger partial charge in [0.25, 0.3) is 0 Å². The second kappa shape index (κ2) is 6.08. The van der Waals surface area contributed by atoms with Crippen LogP contribution >= 0.6 is 0 Å². The van der Waals surface area contributed by atoms with E-state index in [9.17, 15) is 5.11 Å². The number of methoxy groups -OCH3 is 1. The zero-order chi connectivity index (χ0) is 14.8. The third kappa shape index (κ3) is 3.29. The van der Waals surface area contributed by atoms with Crippen LogP contribution in [0.15, 0.2) is 12.4 Å². The molecule has 1 heterocycles. The molecule has 1 fully saturated rings. The average Bonchev–Trinajstić information content (AvgIpc) is 2.45. The van der Waals surface area contributed by atoms with Crippen molar-refractivity contribution in [2.24, 2.45) is 17.3 Å². The monoisotopic (exact) mass is 278 g/mol. The molecule has 1 aromatic heterocycles. The average molecular weight is 278 g/mol. The molecule has 1 aliphatic rings. The van der Waals surface area contributed by atoms with Gasteiger partial charge in [-0.2, -0.15) is 0 Å². The van der Waals surface area contributed by atoms with Crippen molar-refractivity contribution in [1.29, 1.82) is 0 Å². The van der Waals surface area contributed by atoms with Crippen molar-refractivity contribution < 1.29 is 9.84 Å². The van der Waals surface area contributed by atoms with E-state index >= 15 is 0 Å². The smallest absolute Gasteiger partial charge is 0.238 e. The Kier molecular flexibility index (Phi) is 4.63. The van der Waals surface area contributed by atoms with E-state index in [2.05, 4.69) is 30.7 Å². The minimum Gasteiger partial charge on any atom is -0.480 e. The van der Waals surface area contributed by atoms with E-state index in [1.807, 2.05) is 0 Å². The predicted molar refractivity (Wildman–Crippen MR) is 78.4 cm³/mol. The van der Waals surface area contributed by atoms with Gasteiger partial charge in [-0.15, -0.1) is 0 Å². The van der Waals surface area contributed by atoms with Gasteiger partial charge in [0.2, 0.25) is 5.88 Å². The summed E-state index contributed by atoms with van der Waals surface area (Å²) < 4.78 is 5.20. The van der Waals surface area contributed by atoms with Crippen molar-refractivity contribution in [3.63, 3.8) is 0 Å². The van der Waals surface area contributed by atoms with Gasteiger partial charge < -0.3 is 9.84 Å². The Bertz CT molecular complexity index is 434. The summed E-state index contributed by atoms with van der Waals surface area (Å²) in [5, 5.41) is 10.6. The Balaban J connectivity index is 2.03. The van der Waals surface area contributed by atoms with Crippen molar-refractivity contribution in [2.45, 2.75) is 52.6 Å². The Labute approximate surface area is 121 Å². The molecule has 0 amide bonds. The fraction of sp³-hybridized carbons (Fsp3) is 0.750. The maximum absolute atomic E-state index is 10.6.